The Labute approximate surface area is 138 Å². The van der Waals surface area contributed by atoms with Crippen LogP contribution in [0, 0.1) is 5.82 Å². The van der Waals surface area contributed by atoms with Gasteiger partial charge in [0.05, 0.1) is 5.56 Å². The Hall–Kier alpha value is -1.46. The molecule has 5 heteroatoms. The quantitative estimate of drug-likeness (QED) is 0.598. The first-order valence-corrected chi connectivity index (χ1v) is 9.21. The van der Waals surface area contributed by atoms with Gasteiger partial charge in [-0.1, -0.05) is 12.1 Å². The van der Waals surface area contributed by atoms with Crippen molar-refractivity contribution in [3.63, 3.8) is 0 Å². The van der Waals surface area contributed by atoms with Gasteiger partial charge in [-0.25, -0.2) is 4.39 Å². The number of hydrogen-bond acceptors (Lipinski definition) is 3. The normalized spacial score (nSPS) is 10.5. The van der Waals surface area contributed by atoms with E-state index in [2.05, 4.69) is 5.32 Å². The molecule has 1 amide bonds. The minimum absolute atomic E-state index is 0.0308. The molecule has 0 radical (unpaired) electrons. The number of carbonyl (C=O) groups excluding carboxylic acids is 1. The van der Waals surface area contributed by atoms with E-state index in [-0.39, 0.29) is 11.7 Å². The van der Waals surface area contributed by atoms with Gasteiger partial charge < -0.3 is 5.32 Å². The fraction of sp³-hybridized carbons (Fsp3) is 0.235. The van der Waals surface area contributed by atoms with Gasteiger partial charge in [-0.05, 0) is 54.8 Å². The highest BCUT2D eigenvalue weighted by Gasteiger charge is 2.09. The first-order valence-electron chi connectivity index (χ1n) is 7.00. The van der Waals surface area contributed by atoms with Gasteiger partial charge in [-0.2, -0.15) is 0 Å². The molecule has 0 unspecified atom stereocenters. The molecule has 2 aromatic carbocycles. The van der Waals surface area contributed by atoms with Gasteiger partial charge in [0.25, 0.3) is 5.91 Å². The van der Waals surface area contributed by atoms with Crippen molar-refractivity contribution in [3.8, 4) is 0 Å². The molecule has 0 spiro atoms. The largest absolute Gasteiger partial charge is 0.352 e. The standard InChI is InChI=1S/C17H18FNOS2/c1-21-16-6-3-2-5-15(16)17(20)19-11-4-12-22-14-9-7-13(18)8-10-14/h2-3,5-10H,4,11-12H2,1H3,(H,19,20). The van der Waals surface area contributed by atoms with Crippen LogP contribution in [0.3, 0.4) is 0 Å². The molecule has 2 rings (SSSR count). The van der Waals surface area contributed by atoms with Gasteiger partial charge in [0, 0.05) is 16.3 Å². The molecule has 0 saturated carbocycles. The van der Waals surface area contributed by atoms with Gasteiger partial charge in [0.2, 0.25) is 0 Å². The molecule has 0 fully saturated rings. The Morgan fingerprint density at radius 3 is 2.59 bits per heavy atom. The number of carbonyl (C=O) groups is 1. The van der Waals surface area contributed by atoms with Crippen molar-refractivity contribution >= 4 is 29.4 Å². The van der Waals surface area contributed by atoms with Crippen LogP contribution in [0.4, 0.5) is 4.39 Å². The predicted octanol–water partition coefficient (Wildman–Crippen LogP) is 4.46. The summed E-state index contributed by atoms with van der Waals surface area (Å²) in [5, 5.41) is 2.94. The number of benzene rings is 2. The number of nitrogens with one attached hydrogen (secondary N) is 1. The van der Waals surface area contributed by atoms with Crippen LogP contribution in [0.1, 0.15) is 16.8 Å². The highest BCUT2D eigenvalue weighted by atomic mass is 32.2. The third-order valence-corrected chi connectivity index (χ3v) is 4.93. The van der Waals surface area contributed by atoms with Crippen LogP contribution >= 0.6 is 23.5 Å². The maximum Gasteiger partial charge on any atom is 0.252 e. The van der Waals surface area contributed by atoms with E-state index in [9.17, 15) is 9.18 Å². The smallest absolute Gasteiger partial charge is 0.252 e. The average Bonchev–Trinajstić information content (AvgIpc) is 2.56. The van der Waals surface area contributed by atoms with Gasteiger partial charge in [-0.15, -0.1) is 23.5 Å². The van der Waals surface area contributed by atoms with Crippen LogP contribution in [-0.2, 0) is 0 Å². The fourth-order valence-electron chi connectivity index (χ4n) is 1.92. The van der Waals surface area contributed by atoms with Crippen molar-refractivity contribution in [3.05, 3.63) is 59.9 Å². The third-order valence-electron chi connectivity index (χ3n) is 3.04. The summed E-state index contributed by atoms with van der Waals surface area (Å²) in [5.41, 5.74) is 0.723. The van der Waals surface area contributed by atoms with E-state index in [1.165, 1.54) is 12.1 Å². The minimum Gasteiger partial charge on any atom is -0.352 e. The number of halogens is 1. The molecule has 116 valence electrons. The van der Waals surface area contributed by atoms with Crippen molar-refractivity contribution in [2.75, 3.05) is 18.6 Å². The van der Waals surface area contributed by atoms with E-state index in [0.717, 1.165) is 27.5 Å². The molecular formula is C17H18FNOS2. The number of amides is 1. The van der Waals surface area contributed by atoms with E-state index >= 15 is 0 Å². The Kier molecular flexibility index (Phi) is 6.80. The molecule has 2 nitrogen and oxygen atoms in total. The summed E-state index contributed by atoms with van der Waals surface area (Å²) >= 11 is 3.23. The Morgan fingerprint density at radius 2 is 1.86 bits per heavy atom. The zero-order valence-corrected chi connectivity index (χ0v) is 14.0. The maximum absolute atomic E-state index is 12.8. The molecule has 0 aromatic heterocycles. The van der Waals surface area contributed by atoms with Gasteiger partial charge in [0.1, 0.15) is 5.82 Å². The fourth-order valence-corrected chi connectivity index (χ4v) is 3.37. The molecule has 0 aliphatic heterocycles. The predicted molar refractivity (Wildman–Crippen MR) is 92.3 cm³/mol. The van der Waals surface area contributed by atoms with Crippen LogP contribution < -0.4 is 5.32 Å². The van der Waals surface area contributed by atoms with Crippen molar-refractivity contribution in [2.45, 2.75) is 16.2 Å². The first-order chi connectivity index (χ1) is 10.7. The van der Waals surface area contributed by atoms with Crippen molar-refractivity contribution < 1.29 is 9.18 Å². The molecule has 0 bridgehead atoms. The van der Waals surface area contributed by atoms with E-state index in [0.29, 0.717) is 6.54 Å². The summed E-state index contributed by atoms with van der Waals surface area (Å²) in [6, 6.07) is 14.1. The minimum atomic E-state index is -0.218. The first kappa shape index (κ1) is 16.9. The lowest BCUT2D eigenvalue weighted by molar-refractivity contribution is 0.0951. The summed E-state index contributed by atoms with van der Waals surface area (Å²) < 4.78 is 12.8. The van der Waals surface area contributed by atoms with E-state index in [4.69, 9.17) is 0 Å². The monoisotopic (exact) mass is 335 g/mol. The van der Waals surface area contributed by atoms with Crippen LogP contribution in [0.5, 0.6) is 0 Å². The number of rotatable bonds is 7. The van der Waals surface area contributed by atoms with Gasteiger partial charge in [0.15, 0.2) is 0 Å². The second-order valence-electron chi connectivity index (χ2n) is 4.61. The lowest BCUT2D eigenvalue weighted by atomic mass is 10.2. The van der Waals surface area contributed by atoms with Crippen LogP contribution in [-0.4, -0.2) is 24.5 Å². The molecule has 0 saturated heterocycles. The molecule has 1 N–H and O–H groups in total. The van der Waals surface area contributed by atoms with Gasteiger partial charge in [-0.3, -0.25) is 4.79 Å². The Bertz CT molecular complexity index is 616. The molecule has 22 heavy (non-hydrogen) atoms. The second-order valence-corrected chi connectivity index (χ2v) is 6.63. The van der Waals surface area contributed by atoms with E-state index < -0.39 is 0 Å². The topological polar surface area (TPSA) is 29.1 Å². The van der Waals surface area contributed by atoms with Crippen LogP contribution in [0.25, 0.3) is 0 Å². The lowest BCUT2D eigenvalue weighted by Gasteiger charge is -2.08. The molecule has 0 atom stereocenters. The summed E-state index contributed by atoms with van der Waals surface area (Å²) in [6.45, 7) is 0.635. The molecule has 0 aliphatic carbocycles. The zero-order chi connectivity index (χ0) is 15.8. The second kappa shape index (κ2) is 8.86. The maximum atomic E-state index is 12.8. The van der Waals surface area contributed by atoms with Gasteiger partial charge >= 0.3 is 0 Å². The molecule has 0 heterocycles. The van der Waals surface area contributed by atoms with Crippen molar-refractivity contribution in [1.29, 1.82) is 0 Å². The molecule has 2 aromatic rings. The molecule has 0 aliphatic rings. The van der Waals surface area contributed by atoms with E-state index in [1.807, 2.05) is 30.5 Å². The Morgan fingerprint density at radius 1 is 1.14 bits per heavy atom. The summed E-state index contributed by atoms with van der Waals surface area (Å²) in [7, 11) is 0. The average molecular weight is 335 g/mol. The van der Waals surface area contributed by atoms with Crippen molar-refractivity contribution in [2.24, 2.45) is 0 Å². The van der Waals surface area contributed by atoms with Crippen molar-refractivity contribution in [1.82, 2.24) is 5.32 Å². The summed E-state index contributed by atoms with van der Waals surface area (Å²) in [5.74, 6) is 0.636. The number of thioether (sulfide) groups is 2. The van der Waals surface area contributed by atoms with Crippen LogP contribution in [0.2, 0.25) is 0 Å². The zero-order valence-electron chi connectivity index (χ0n) is 12.3. The summed E-state index contributed by atoms with van der Waals surface area (Å²) in [4.78, 5) is 14.2. The van der Waals surface area contributed by atoms with Crippen LogP contribution in [0.15, 0.2) is 58.3 Å². The third kappa shape index (κ3) is 5.07. The number of hydrogen-bond donors (Lipinski definition) is 1. The highest BCUT2D eigenvalue weighted by Crippen LogP contribution is 2.20. The molecular weight excluding hydrogens is 317 g/mol. The SMILES string of the molecule is CSc1ccccc1C(=O)NCCCSc1ccc(F)cc1. The lowest BCUT2D eigenvalue weighted by Crippen LogP contribution is -2.25. The highest BCUT2D eigenvalue weighted by molar-refractivity contribution is 7.99. The van der Waals surface area contributed by atoms with E-state index in [1.54, 1.807) is 35.7 Å². The summed E-state index contributed by atoms with van der Waals surface area (Å²) in [6.07, 6.45) is 2.83. The Balaban J connectivity index is 1.72.